The smallest absolute Gasteiger partial charge is 0.0611 e. The van der Waals surface area contributed by atoms with Crippen LogP contribution in [0.1, 0.15) is 13.8 Å². The number of halogens is 1. The predicted molar refractivity (Wildman–Crippen MR) is 69.7 cm³/mol. The van der Waals surface area contributed by atoms with Crippen molar-refractivity contribution in [3.63, 3.8) is 0 Å². The fourth-order valence-corrected chi connectivity index (χ4v) is 2.31. The quantitative estimate of drug-likeness (QED) is 0.841. The Kier molecular flexibility index (Phi) is 2.91. The van der Waals surface area contributed by atoms with Crippen molar-refractivity contribution in [1.29, 1.82) is 0 Å². The summed E-state index contributed by atoms with van der Waals surface area (Å²) < 4.78 is 1.14. The van der Waals surface area contributed by atoms with Crippen molar-refractivity contribution >= 4 is 27.3 Å². The van der Waals surface area contributed by atoms with Crippen LogP contribution in [-0.2, 0) is 0 Å². The summed E-state index contributed by atoms with van der Waals surface area (Å²) in [6, 6.07) is 6.94. The van der Waals surface area contributed by atoms with Crippen LogP contribution in [0.25, 0.3) is 0 Å². The molecule has 3 heteroatoms. The standard InChI is InChI=1S/C12H17BrN2/c1-8(2)11-7-15(3)12-6-9(13)4-5-10(12)14-11/h4-6,8,11,14H,7H2,1-3H3. The van der Waals surface area contributed by atoms with Gasteiger partial charge < -0.3 is 10.2 Å². The van der Waals surface area contributed by atoms with Gasteiger partial charge in [-0.3, -0.25) is 0 Å². The van der Waals surface area contributed by atoms with Crippen molar-refractivity contribution in [2.45, 2.75) is 19.9 Å². The van der Waals surface area contributed by atoms with E-state index in [1.165, 1.54) is 11.4 Å². The molecular formula is C12H17BrN2. The van der Waals surface area contributed by atoms with E-state index in [4.69, 9.17) is 0 Å². The lowest BCUT2D eigenvalue weighted by Gasteiger charge is -2.37. The Morgan fingerprint density at radius 1 is 1.47 bits per heavy atom. The lowest BCUT2D eigenvalue weighted by atomic mass is 10.0. The first-order valence-electron chi connectivity index (χ1n) is 5.35. The maximum absolute atomic E-state index is 3.59. The van der Waals surface area contributed by atoms with Crippen LogP contribution < -0.4 is 10.2 Å². The second-order valence-corrected chi connectivity index (χ2v) is 5.45. The number of rotatable bonds is 1. The van der Waals surface area contributed by atoms with E-state index in [0.29, 0.717) is 12.0 Å². The fourth-order valence-electron chi connectivity index (χ4n) is 1.96. The van der Waals surface area contributed by atoms with Gasteiger partial charge in [-0.2, -0.15) is 0 Å². The summed E-state index contributed by atoms with van der Waals surface area (Å²) >= 11 is 3.51. The zero-order chi connectivity index (χ0) is 11.0. The highest BCUT2D eigenvalue weighted by atomic mass is 79.9. The third-order valence-corrected chi connectivity index (χ3v) is 3.48. The number of nitrogens with zero attached hydrogens (tertiary/aromatic N) is 1. The van der Waals surface area contributed by atoms with Crippen LogP contribution in [0.5, 0.6) is 0 Å². The highest BCUT2D eigenvalue weighted by Crippen LogP contribution is 2.33. The Morgan fingerprint density at radius 3 is 2.87 bits per heavy atom. The Labute approximate surface area is 99.8 Å². The van der Waals surface area contributed by atoms with Crippen molar-refractivity contribution < 1.29 is 0 Å². The Hall–Kier alpha value is -0.700. The summed E-state index contributed by atoms with van der Waals surface area (Å²) in [5.41, 5.74) is 2.52. The molecular weight excluding hydrogens is 252 g/mol. The minimum Gasteiger partial charge on any atom is -0.379 e. The van der Waals surface area contributed by atoms with Gasteiger partial charge in [-0.15, -0.1) is 0 Å². The molecule has 1 heterocycles. The monoisotopic (exact) mass is 268 g/mol. The average molecular weight is 269 g/mol. The third kappa shape index (κ3) is 2.12. The Bertz CT molecular complexity index is 363. The SMILES string of the molecule is CC(C)C1CN(C)c2cc(Br)ccc2N1. The first kappa shape index (κ1) is 10.8. The molecule has 0 aliphatic carbocycles. The van der Waals surface area contributed by atoms with Gasteiger partial charge >= 0.3 is 0 Å². The molecule has 2 rings (SSSR count). The molecule has 0 fully saturated rings. The third-order valence-electron chi connectivity index (χ3n) is 2.99. The summed E-state index contributed by atoms with van der Waals surface area (Å²) in [5, 5.41) is 3.59. The van der Waals surface area contributed by atoms with E-state index in [2.05, 4.69) is 65.2 Å². The lowest BCUT2D eigenvalue weighted by Crippen LogP contribution is -2.42. The summed E-state index contributed by atoms with van der Waals surface area (Å²) in [7, 11) is 2.15. The van der Waals surface area contributed by atoms with E-state index < -0.39 is 0 Å². The number of hydrogen-bond acceptors (Lipinski definition) is 2. The molecule has 0 radical (unpaired) electrons. The molecule has 0 amide bonds. The van der Waals surface area contributed by atoms with E-state index in [9.17, 15) is 0 Å². The zero-order valence-electron chi connectivity index (χ0n) is 9.42. The largest absolute Gasteiger partial charge is 0.379 e. The molecule has 1 N–H and O–H groups in total. The summed E-state index contributed by atoms with van der Waals surface area (Å²) in [6.07, 6.45) is 0. The Morgan fingerprint density at radius 2 is 2.20 bits per heavy atom. The van der Waals surface area contributed by atoms with Crippen molar-refractivity contribution in [2.24, 2.45) is 5.92 Å². The van der Waals surface area contributed by atoms with Crippen LogP contribution in [-0.4, -0.2) is 19.6 Å². The number of likely N-dealkylation sites (N-methyl/N-ethyl adjacent to an activating group) is 1. The molecule has 2 nitrogen and oxygen atoms in total. The van der Waals surface area contributed by atoms with Gasteiger partial charge in [0.25, 0.3) is 0 Å². The summed E-state index contributed by atoms with van der Waals surface area (Å²) in [6.45, 7) is 5.59. The number of hydrogen-bond donors (Lipinski definition) is 1. The number of nitrogens with one attached hydrogen (secondary N) is 1. The molecule has 82 valence electrons. The minimum absolute atomic E-state index is 0.545. The average Bonchev–Trinajstić information content (AvgIpc) is 2.18. The van der Waals surface area contributed by atoms with Gasteiger partial charge in [-0.05, 0) is 24.1 Å². The minimum atomic E-state index is 0.545. The molecule has 1 aromatic rings. The van der Waals surface area contributed by atoms with Gasteiger partial charge in [0, 0.05) is 24.1 Å². The molecule has 15 heavy (non-hydrogen) atoms. The summed E-state index contributed by atoms with van der Waals surface area (Å²) in [4.78, 5) is 2.32. The van der Waals surface area contributed by atoms with Crippen molar-refractivity contribution in [3.8, 4) is 0 Å². The number of benzene rings is 1. The molecule has 0 saturated carbocycles. The van der Waals surface area contributed by atoms with E-state index in [1.54, 1.807) is 0 Å². The zero-order valence-corrected chi connectivity index (χ0v) is 11.0. The van der Waals surface area contributed by atoms with Crippen LogP contribution in [0.3, 0.4) is 0 Å². The second kappa shape index (κ2) is 4.05. The molecule has 0 spiro atoms. The number of anilines is 2. The van der Waals surface area contributed by atoms with Crippen molar-refractivity contribution in [3.05, 3.63) is 22.7 Å². The van der Waals surface area contributed by atoms with Crippen LogP contribution in [0.4, 0.5) is 11.4 Å². The van der Waals surface area contributed by atoms with Crippen molar-refractivity contribution in [2.75, 3.05) is 23.8 Å². The fraction of sp³-hybridized carbons (Fsp3) is 0.500. The highest BCUT2D eigenvalue weighted by molar-refractivity contribution is 9.10. The molecule has 1 aromatic carbocycles. The van der Waals surface area contributed by atoms with E-state index in [1.807, 2.05) is 0 Å². The van der Waals surface area contributed by atoms with E-state index in [0.717, 1.165) is 11.0 Å². The number of fused-ring (bicyclic) bond motifs is 1. The van der Waals surface area contributed by atoms with E-state index in [-0.39, 0.29) is 0 Å². The highest BCUT2D eigenvalue weighted by Gasteiger charge is 2.23. The molecule has 1 atom stereocenters. The summed E-state index contributed by atoms with van der Waals surface area (Å²) in [5.74, 6) is 0.657. The van der Waals surface area contributed by atoms with Crippen molar-refractivity contribution in [1.82, 2.24) is 0 Å². The topological polar surface area (TPSA) is 15.3 Å². The van der Waals surface area contributed by atoms with Gasteiger partial charge in [0.2, 0.25) is 0 Å². The predicted octanol–water partition coefficient (Wildman–Crippen LogP) is 3.34. The van der Waals surface area contributed by atoms with Gasteiger partial charge in [0.15, 0.2) is 0 Å². The van der Waals surface area contributed by atoms with Crippen LogP contribution in [0.15, 0.2) is 22.7 Å². The van der Waals surface area contributed by atoms with Gasteiger partial charge in [0.05, 0.1) is 11.4 Å². The van der Waals surface area contributed by atoms with Crippen LogP contribution in [0.2, 0.25) is 0 Å². The lowest BCUT2D eigenvalue weighted by molar-refractivity contribution is 0.514. The van der Waals surface area contributed by atoms with Gasteiger partial charge in [-0.25, -0.2) is 0 Å². The van der Waals surface area contributed by atoms with Gasteiger partial charge in [0.1, 0.15) is 0 Å². The molecule has 1 aliphatic heterocycles. The van der Waals surface area contributed by atoms with E-state index >= 15 is 0 Å². The molecule has 0 saturated heterocycles. The molecule has 1 unspecified atom stereocenters. The Balaban J connectivity index is 2.32. The maximum atomic E-state index is 3.59. The normalized spacial score (nSPS) is 20.1. The first-order valence-corrected chi connectivity index (χ1v) is 6.14. The maximum Gasteiger partial charge on any atom is 0.0611 e. The molecule has 1 aliphatic rings. The molecule has 0 aromatic heterocycles. The second-order valence-electron chi connectivity index (χ2n) is 4.54. The molecule has 0 bridgehead atoms. The van der Waals surface area contributed by atoms with Crippen LogP contribution in [0, 0.1) is 5.92 Å². The van der Waals surface area contributed by atoms with Crippen LogP contribution >= 0.6 is 15.9 Å². The first-order chi connectivity index (χ1) is 7.08. The van der Waals surface area contributed by atoms with Gasteiger partial charge in [-0.1, -0.05) is 29.8 Å².